The van der Waals surface area contributed by atoms with Crippen molar-refractivity contribution in [2.45, 2.75) is 0 Å². The number of hydrogen-bond acceptors (Lipinski definition) is 2. The van der Waals surface area contributed by atoms with Crippen molar-refractivity contribution in [3.8, 4) is 78.6 Å². The Labute approximate surface area is 312 Å². The summed E-state index contributed by atoms with van der Waals surface area (Å²) in [6.07, 6.45) is 0. The zero-order valence-corrected chi connectivity index (χ0v) is 29.1. The first-order valence-corrected chi connectivity index (χ1v) is 18.5. The Balaban J connectivity index is 1.21. The molecule has 0 bridgehead atoms. The van der Waals surface area contributed by atoms with Crippen LogP contribution in [0.3, 0.4) is 0 Å². The highest BCUT2D eigenvalue weighted by Crippen LogP contribution is 2.54. The van der Waals surface area contributed by atoms with E-state index < -0.39 is 0 Å². The third-order valence-corrected chi connectivity index (χ3v) is 11.5. The second-order valence-electron chi connectivity index (χ2n) is 14.3. The summed E-state index contributed by atoms with van der Waals surface area (Å²) in [6, 6.07) is 65.6. The van der Waals surface area contributed by atoms with Crippen LogP contribution in [0.5, 0.6) is 23.0 Å². The Bertz CT molecular complexity index is 3210. The van der Waals surface area contributed by atoms with Crippen LogP contribution in [0.25, 0.3) is 98.7 Å². The van der Waals surface area contributed by atoms with Crippen LogP contribution in [0.4, 0.5) is 0 Å². The molecule has 0 radical (unpaired) electrons. The number of hydrogen-bond donors (Lipinski definition) is 0. The molecule has 0 atom stereocenters. The minimum absolute atomic E-state index is 0.894. The first-order valence-electron chi connectivity index (χ1n) is 18.5. The Kier molecular flexibility index (Phi) is 6.09. The summed E-state index contributed by atoms with van der Waals surface area (Å²) in [4.78, 5) is 0. The molecule has 54 heavy (non-hydrogen) atoms. The lowest BCUT2D eigenvalue weighted by Crippen LogP contribution is -1.99. The average molecular weight is 687 g/mol. The van der Waals surface area contributed by atoms with Crippen LogP contribution in [0.15, 0.2) is 182 Å². The van der Waals surface area contributed by atoms with Gasteiger partial charge in [-0.3, -0.25) is 0 Å². The molecular formula is C52H30O2. The monoisotopic (exact) mass is 686 g/mol. The van der Waals surface area contributed by atoms with Gasteiger partial charge in [-0.05, 0) is 113 Å². The quantitative estimate of drug-likeness (QED) is 0.172. The summed E-state index contributed by atoms with van der Waals surface area (Å²) in [5, 5.41) is 9.52. The van der Waals surface area contributed by atoms with Gasteiger partial charge in [0.1, 0.15) is 23.0 Å². The van der Waals surface area contributed by atoms with Crippen molar-refractivity contribution in [3.63, 3.8) is 0 Å². The molecule has 0 spiro atoms. The maximum atomic E-state index is 6.56. The van der Waals surface area contributed by atoms with Gasteiger partial charge in [-0.15, -0.1) is 0 Å². The second-order valence-corrected chi connectivity index (χ2v) is 14.3. The smallest absolute Gasteiger partial charge is 0.135 e. The molecular weight excluding hydrogens is 657 g/mol. The van der Waals surface area contributed by atoms with E-state index in [1.807, 2.05) is 12.1 Å². The van der Waals surface area contributed by atoms with Gasteiger partial charge in [0.15, 0.2) is 0 Å². The highest BCUT2D eigenvalue weighted by atomic mass is 16.5. The molecule has 0 aromatic heterocycles. The molecule has 2 aliphatic rings. The largest absolute Gasteiger partial charge is 0.456 e. The number of benzene rings is 10. The molecule has 0 saturated carbocycles. The third kappa shape index (κ3) is 4.11. The lowest BCUT2D eigenvalue weighted by atomic mass is 9.81. The van der Waals surface area contributed by atoms with Gasteiger partial charge in [-0.1, -0.05) is 146 Å². The molecule has 12 rings (SSSR count). The van der Waals surface area contributed by atoms with Gasteiger partial charge in [0.25, 0.3) is 0 Å². The fourth-order valence-electron chi connectivity index (χ4n) is 9.16. The van der Waals surface area contributed by atoms with E-state index in [2.05, 4.69) is 170 Å². The zero-order valence-electron chi connectivity index (χ0n) is 29.1. The van der Waals surface area contributed by atoms with Crippen LogP contribution in [0, 0.1) is 0 Å². The molecule has 0 saturated heterocycles. The topological polar surface area (TPSA) is 18.5 Å². The van der Waals surface area contributed by atoms with Crippen LogP contribution in [0.1, 0.15) is 0 Å². The molecule has 0 amide bonds. The Morgan fingerprint density at radius 1 is 0.241 bits per heavy atom. The van der Waals surface area contributed by atoms with Crippen LogP contribution in [-0.2, 0) is 0 Å². The maximum absolute atomic E-state index is 6.56. The zero-order chi connectivity index (χ0) is 35.3. The summed E-state index contributed by atoms with van der Waals surface area (Å²) in [5.41, 5.74) is 11.9. The predicted octanol–water partition coefficient (Wildman–Crippen LogP) is 14.8. The van der Waals surface area contributed by atoms with E-state index in [1.165, 1.54) is 76.8 Å². The van der Waals surface area contributed by atoms with Crippen molar-refractivity contribution >= 4 is 43.1 Å². The lowest BCUT2D eigenvalue weighted by Gasteiger charge is -2.25. The standard InChI is InChI=1S/C52H30O2/c1-2-12-31(13-3-1)32-24-25-43-44(30-32)50(42-28-29-48-51-35(18-10-19-38(42)51)33-14-6-8-21-45(33)54-48)37-17-5-4-16-36(37)49(43)41-27-26-40-34-15-7-9-22-46(34)53-47-23-11-20-39(41)52(40)47/h1-30H. The fraction of sp³-hybridized carbons (Fsp3) is 0. The average Bonchev–Trinajstić information content (AvgIpc) is 3.24. The number of fused-ring (bicyclic) bond motifs is 6. The Hall–Kier alpha value is -7.16. The predicted molar refractivity (Wildman–Crippen MR) is 224 cm³/mol. The fourth-order valence-corrected chi connectivity index (χ4v) is 9.16. The highest BCUT2D eigenvalue weighted by molar-refractivity contribution is 6.27. The number of para-hydroxylation sites is 2. The minimum Gasteiger partial charge on any atom is -0.456 e. The van der Waals surface area contributed by atoms with Gasteiger partial charge in [0, 0.05) is 21.9 Å². The van der Waals surface area contributed by atoms with E-state index in [4.69, 9.17) is 9.47 Å². The molecule has 2 aliphatic heterocycles. The van der Waals surface area contributed by atoms with Crippen LogP contribution in [0.2, 0.25) is 0 Å². The van der Waals surface area contributed by atoms with Crippen molar-refractivity contribution in [2.75, 3.05) is 0 Å². The Morgan fingerprint density at radius 2 is 0.704 bits per heavy atom. The lowest BCUT2D eigenvalue weighted by molar-refractivity contribution is 0.487. The van der Waals surface area contributed by atoms with Gasteiger partial charge >= 0.3 is 0 Å². The van der Waals surface area contributed by atoms with Gasteiger partial charge in [-0.2, -0.15) is 0 Å². The number of rotatable bonds is 3. The van der Waals surface area contributed by atoms with Crippen molar-refractivity contribution in [1.82, 2.24) is 0 Å². The van der Waals surface area contributed by atoms with E-state index in [-0.39, 0.29) is 0 Å². The molecule has 0 N–H and O–H groups in total. The molecule has 10 aromatic carbocycles. The Morgan fingerprint density at radius 3 is 1.41 bits per heavy atom. The van der Waals surface area contributed by atoms with Gasteiger partial charge in [0.2, 0.25) is 0 Å². The first-order chi connectivity index (χ1) is 26.8. The molecule has 0 fully saturated rings. The van der Waals surface area contributed by atoms with Crippen molar-refractivity contribution < 1.29 is 9.47 Å². The van der Waals surface area contributed by atoms with E-state index >= 15 is 0 Å². The van der Waals surface area contributed by atoms with Crippen molar-refractivity contribution in [1.29, 1.82) is 0 Å². The van der Waals surface area contributed by atoms with Crippen molar-refractivity contribution in [2.24, 2.45) is 0 Å². The minimum atomic E-state index is 0.894. The van der Waals surface area contributed by atoms with E-state index in [9.17, 15) is 0 Å². The first kappa shape index (κ1) is 29.4. The SMILES string of the molecule is c1ccc(-c2ccc3c(-c4ccc5c6c(cccc46)Oc4ccccc4-5)c4ccccc4c(-c4ccc5c6c(cccc46)-c4ccccc4O5)c3c2)cc1. The molecule has 250 valence electrons. The maximum Gasteiger partial charge on any atom is 0.135 e. The van der Waals surface area contributed by atoms with Gasteiger partial charge < -0.3 is 9.47 Å². The summed E-state index contributed by atoms with van der Waals surface area (Å²) < 4.78 is 13.1. The normalized spacial score (nSPS) is 12.4. The van der Waals surface area contributed by atoms with Crippen LogP contribution < -0.4 is 9.47 Å². The van der Waals surface area contributed by atoms with Crippen LogP contribution in [-0.4, -0.2) is 0 Å². The summed E-state index contributed by atoms with van der Waals surface area (Å²) in [6.45, 7) is 0. The molecule has 2 heterocycles. The van der Waals surface area contributed by atoms with Gasteiger partial charge in [-0.25, -0.2) is 0 Å². The van der Waals surface area contributed by atoms with E-state index in [1.54, 1.807) is 0 Å². The molecule has 0 unspecified atom stereocenters. The van der Waals surface area contributed by atoms with E-state index in [0.29, 0.717) is 0 Å². The molecule has 10 aromatic rings. The highest BCUT2D eigenvalue weighted by Gasteiger charge is 2.26. The summed E-state index contributed by atoms with van der Waals surface area (Å²) in [5.74, 6) is 3.58. The third-order valence-electron chi connectivity index (χ3n) is 11.5. The molecule has 2 heteroatoms. The molecule has 2 nitrogen and oxygen atoms in total. The summed E-state index contributed by atoms with van der Waals surface area (Å²) in [7, 11) is 0. The van der Waals surface area contributed by atoms with E-state index in [0.717, 1.165) is 44.9 Å². The molecule has 0 aliphatic carbocycles. The van der Waals surface area contributed by atoms with Gasteiger partial charge in [0.05, 0.1) is 0 Å². The van der Waals surface area contributed by atoms with Crippen molar-refractivity contribution in [3.05, 3.63) is 182 Å². The second kappa shape index (κ2) is 11.2. The number of ether oxygens (including phenoxy) is 2. The summed E-state index contributed by atoms with van der Waals surface area (Å²) >= 11 is 0. The van der Waals surface area contributed by atoms with Crippen LogP contribution >= 0.6 is 0 Å².